The van der Waals surface area contributed by atoms with Crippen molar-refractivity contribution in [3.63, 3.8) is 0 Å². The molecule has 1 aliphatic rings. The van der Waals surface area contributed by atoms with Crippen molar-refractivity contribution in [2.75, 3.05) is 13.2 Å². The topological polar surface area (TPSA) is 41.5 Å². The van der Waals surface area contributed by atoms with Gasteiger partial charge in [-0.2, -0.15) is 0 Å². The van der Waals surface area contributed by atoms with Gasteiger partial charge in [0.15, 0.2) is 0 Å². The van der Waals surface area contributed by atoms with Crippen molar-refractivity contribution in [3.8, 4) is 0 Å². The van der Waals surface area contributed by atoms with Crippen LogP contribution in [0.25, 0.3) is 0 Å². The van der Waals surface area contributed by atoms with Gasteiger partial charge in [0.25, 0.3) is 0 Å². The first kappa shape index (κ1) is 12.0. The fourth-order valence-corrected chi connectivity index (χ4v) is 2.57. The molecule has 84 valence electrons. The Bertz CT molecular complexity index is 174. The van der Waals surface area contributed by atoms with E-state index >= 15 is 0 Å². The highest BCUT2D eigenvalue weighted by atomic mass is 16.5. The zero-order valence-corrected chi connectivity index (χ0v) is 9.76. The van der Waals surface area contributed by atoms with Crippen molar-refractivity contribution in [3.05, 3.63) is 0 Å². The minimum Gasteiger partial charge on any atom is -0.394 e. The van der Waals surface area contributed by atoms with Crippen LogP contribution < -0.4 is 5.32 Å². The van der Waals surface area contributed by atoms with E-state index in [0.29, 0.717) is 6.61 Å². The largest absolute Gasteiger partial charge is 0.394 e. The van der Waals surface area contributed by atoms with E-state index in [1.54, 1.807) is 0 Å². The molecule has 0 aromatic heterocycles. The highest BCUT2D eigenvalue weighted by Gasteiger charge is 2.37. The van der Waals surface area contributed by atoms with Crippen molar-refractivity contribution in [1.29, 1.82) is 0 Å². The second-order valence-corrected chi connectivity index (χ2v) is 5.52. The van der Waals surface area contributed by atoms with E-state index in [4.69, 9.17) is 9.84 Å². The van der Waals surface area contributed by atoms with Crippen molar-refractivity contribution in [1.82, 2.24) is 5.32 Å². The predicted octanol–water partition coefficient (Wildman–Crippen LogP) is 1.30. The normalized spacial score (nSPS) is 26.4. The molecule has 2 N–H and O–H groups in total. The van der Waals surface area contributed by atoms with Crippen LogP contribution in [-0.2, 0) is 4.74 Å². The van der Waals surface area contributed by atoms with Gasteiger partial charge in [-0.05, 0) is 40.5 Å². The average molecular weight is 201 g/mol. The quantitative estimate of drug-likeness (QED) is 0.723. The molecule has 0 aromatic carbocycles. The number of hydrogen-bond acceptors (Lipinski definition) is 3. The third-order valence-corrected chi connectivity index (χ3v) is 2.60. The third-order valence-electron chi connectivity index (χ3n) is 2.60. The smallest absolute Gasteiger partial charge is 0.0701 e. The molecule has 14 heavy (non-hydrogen) atoms. The van der Waals surface area contributed by atoms with Gasteiger partial charge in [0.1, 0.15) is 0 Å². The van der Waals surface area contributed by atoms with Crippen LogP contribution in [-0.4, -0.2) is 35.5 Å². The van der Waals surface area contributed by atoms with Crippen LogP contribution in [0.1, 0.15) is 40.5 Å². The Morgan fingerprint density at radius 1 is 1.21 bits per heavy atom. The monoisotopic (exact) mass is 201 g/mol. The zero-order valence-electron chi connectivity index (χ0n) is 9.76. The number of aliphatic hydroxyl groups excluding tert-OH is 1. The van der Waals surface area contributed by atoms with E-state index in [-0.39, 0.29) is 23.8 Å². The number of ether oxygens (including phenoxy) is 1. The van der Waals surface area contributed by atoms with E-state index in [2.05, 4.69) is 33.0 Å². The standard InChI is InChI=1S/C11H23NO2/c1-10(2)7-9(14-6-5-13)8-11(3,4)12-10/h9,12-13H,5-8H2,1-4H3. The number of piperidine rings is 1. The number of rotatable bonds is 3. The van der Waals surface area contributed by atoms with Gasteiger partial charge in [-0.15, -0.1) is 0 Å². The van der Waals surface area contributed by atoms with Crippen molar-refractivity contribution < 1.29 is 9.84 Å². The maximum atomic E-state index is 8.72. The maximum absolute atomic E-state index is 8.72. The number of aliphatic hydroxyl groups is 1. The Morgan fingerprint density at radius 3 is 2.14 bits per heavy atom. The van der Waals surface area contributed by atoms with Crippen LogP contribution in [0.4, 0.5) is 0 Å². The summed E-state index contributed by atoms with van der Waals surface area (Å²) in [6.45, 7) is 9.36. The number of nitrogens with one attached hydrogen (secondary N) is 1. The SMILES string of the molecule is CC1(C)CC(OCCO)CC(C)(C)N1. The summed E-state index contributed by atoms with van der Waals surface area (Å²) in [6.07, 6.45) is 2.29. The molecule has 3 nitrogen and oxygen atoms in total. The van der Waals surface area contributed by atoms with E-state index in [0.717, 1.165) is 12.8 Å². The van der Waals surface area contributed by atoms with E-state index in [1.807, 2.05) is 0 Å². The van der Waals surface area contributed by atoms with Crippen LogP contribution in [0.5, 0.6) is 0 Å². The lowest BCUT2D eigenvalue weighted by molar-refractivity contribution is -0.0331. The van der Waals surface area contributed by atoms with Crippen molar-refractivity contribution >= 4 is 0 Å². The van der Waals surface area contributed by atoms with Gasteiger partial charge in [0, 0.05) is 11.1 Å². The Labute approximate surface area is 86.8 Å². The second kappa shape index (κ2) is 4.17. The first-order valence-corrected chi connectivity index (χ1v) is 5.36. The molecule has 0 aliphatic carbocycles. The van der Waals surface area contributed by atoms with E-state index < -0.39 is 0 Å². The lowest BCUT2D eigenvalue weighted by atomic mass is 9.81. The molecule has 1 rings (SSSR count). The Kier molecular flexibility index (Phi) is 3.56. The van der Waals surface area contributed by atoms with Crippen LogP contribution in [0.3, 0.4) is 0 Å². The molecule has 0 bridgehead atoms. The molecular weight excluding hydrogens is 178 g/mol. The molecule has 0 saturated carbocycles. The second-order valence-electron chi connectivity index (χ2n) is 5.52. The van der Waals surface area contributed by atoms with Gasteiger partial charge in [0.2, 0.25) is 0 Å². The van der Waals surface area contributed by atoms with Gasteiger partial charge in [-0.1, -0.05) is 0 Å². The molecular formula is C11H23NO2. The summed E-state index contributed by atoms with van der Waals surface area (Å²) in [7, 11) is 0. The van der Waals surface area contributed by atoms with Crippen molar-refractivity contribution in [2.45, 2.75) is 57.7 Å². The summed E-state index contributed by atoms with van der Waals surface area (Å²) in [6, 6.07) is 0. The van der Waals surface area contributed by atoms with Crippen LogP contribution in [0.2, 0.25) is 0 Å². The summed E-state index contributed by atoms with van der Waals surface area (Å²) in [5.41, 5.74) is 0.254. The van der Waals surface area contributed by atoms with Gasteiger partial charge in [-0.25, -0.2) is 0 Å². The van der Waals surface area contributed by atoms with E-state index in [1.165, 1.54) is 0 Å². The van der Waals surface area contributed by atoms with E-state index in [9.17, 15) is 0 Å². The highest BCUT2D eigenvalue weighted by molar-refractivity contribution is 4.97. The van der Waals surface area contributed by atoms with Crippen LogP contribution in [0, 0.1) is 0 Å². The summed E-state index contributed by atoms with van der Waals surface area (Å²) in [5.74, 6) is 0. The average Bonchev–Trinajstić information content (AvgIpc) is 1.94. The first-order valence-electron chi connectivity index (χ1n) is 5.36. The molecule has 3 heteroatoms. The lowest BCUT2D eigenvalue weighted by Crippen LogP contribution is -2.59. The first-order chi connectivity index (χ1) is 6.35. The van der Waals surface area contributed by atoms with Crippen LogP contribution >= 0.6 is 0 Å². The van der Waals surface area contributed by atoms with Gasteiger partial charge in [-0.3, -0.25) is 0 Å². The Morgan fingerprint density at radius 2 is 1.71 bits per heavy atom. The summed E-state index contributed by atoms with van der Waals surface area (Å²) in [4.78, 5) is 0. The molecule has 0 unspecified atom stereocenters. The molecule has 0 aromatic rings. The molecule has 1 fully saturated rings. The molecule has 0 atom stereocenters. The Balaban J connectivity index is 2.53. The summed E-state index contributed by atoms with van der Waals surface area (Å²) in [5, 5.41) is 12.3. The van der Waals surface area contributed by atoms with Gasteiger partial charge >= 0.3 is 0 Å². The molecule has 0 spiro atoms. The summed E-state index contributed by atoms with van der Waals surface area (Å²) >= 11 is 0. The minimum absolute atomic E-state index is 0.116. The summed E-state index contributed by atoms with van der Waals surface area (Å²) < 4.78 is 5.61. The molecule has 1 heterocycles. The fraction of sp³-hybridized carbons (Fsp3) is 1.00. The molecule has 1 saturated heterocycles. The third kappa shape index (κ3) is 3.56. The maximum Gasteiger partial charge on any atom is 0.0701 e. The Hall–Kier alpha value is -0.120. The molecule has 0 amide bonds. The lowest BCUT2D eigenvalue weighted by Gasteiger charge is -2.46. The zero-order chi connectivity index (χ0) is 10.8. The van der Waals surface area contributed by atoms with Gasteiger partial charge < -0.3 is 15.2 Å². The minimum atomic E-state index is 0.116. The number of hydrogen-bond donors (Lipinski definition) is 2. The highest BCUT2D eigenvalue weighted by Crippen LogP contribution is 2.30. The van der Waals surface area contributed by atoms with Crippen molar-refractivity contribution in [2.24, 2.45) is 0 Å². The fourth-order valence-electron chi connectivity index (χ4n) is 2.57. The predicted molar refractivity (Wildman–Crippen MR) is 57.4 cm³/mol. The van der Waals surface area contributed by atoms with Crippen LogP contribution in [0.15, 0.2) is 0 Å². The van der Waals surface area contributed by atoms with Gasteiger partial charge in [0.05, 0.1) is 19.3 Å². The molecule has 0 radical (unpaired) electrons. The molecule has 1 aliphatic heterocycles.